The van der Waals surface area contributed by atoms with Gasteiger partial charge in [0.15, 0.2) is 5.96 Å². The Kier molecular flexibility index (Phi) is 7.32. The summed E-state index contributed by atoms with van der Waals surface area (Å²) in [5, 5.41) is 7.12. The molecule has 1 heterocycles. The highest BCUT2D eigenvalue weighted by molar-refractivity contribution is 9.10. The highest BCUT2D eigenvalue weighted by Gasteiger charge is 2.23. The predicted molar refractivity (Wildman–Crippen MR) is 111 cm³/mol. The van der Waals surface area contributed by atoms with E-state index in [4.69, 9.17) is 0 Å². The first-order valence-electron chi connectivity index (χ1n) is 9.29. The molecule has 2 rings (SSSR count). The Hall–Kier alpha value is -1.07. The molecule has 0 unspecified atom stereocenters. The molecule has 25 heavy (non-hydrogen) atoms. The average molecular weight is 409 g/mol. The number of nitrogens with one attached hydrogen (secondary N) is 2. The van der Waals surface area contributed by atoms with Crippen LogP contribution in [0.15, 0.2) is 33.7 Å². The van der Waals surface area contributed by atoms with Crippen LogP contribution in [0.1, 0.15) is 46.1 Å². The summed E-state index contributed by atoms with van der Waals surface area (Å²) in [6, 6.07) is 9.73. The van der Waals surface area contributed by atoms with E-state index in [0.717, 1.165) is 30.1 Å². The molecule has 0 amide bonds. The highest BCUT2D eigenvalue weighted by atomic mass is 79.9. The van der Waals surface area contributed by atoms with Gasteiger partial charge in [-0.05, 0) is 44.4 Å². The summed E-state index contributed by atoms with van der Waals surface area (Å²) in [5.74, 6) is 0.910. The maximum absolute atomic E-state index is 4.42. The van der Waals surface area contributed by atoms with Crippen LogP contribution in [0, 0.1) is 0 Å². The molecule has 2 N–H and O–H groups in total. The van der Waals surface area contributed by atoms with Gasteiger partial charge in [-0.1, -0.05) is 41.9 Å². The van der Waals surface area contributed by atoms with Gasteiger partial charge in [0.25, 0.3) is 0 Å². The third-order valence-electron chi connectivity index (χ3n) is 5.15. The fourth-order valence-corrected chi connectivity index (χ4v) is 3.52. The zero-order valence-electron chi connectivity index (χ0n) is 16.3. The number of hydrogen-bond donors (Lipinski definition) is 2. The third-order valence-corrected chi connectivity index (χ3v) is 5.68. The normalized spacial score (nSPS) is 17.8. The molecule has 1 aromatic rings. The van der Waals surface area contributed by atoms with Gasteiger partial charge in [0.1, 0.15) is 0 Å². The molecule has 140 valence electrons. The second-order valence-corrected chi connectivity index (χ2v) is 8.78. The van der Waals surface area contributed by atoms with Gasteiger partial charge in [0.2, 0.25) is 0 Å². The quantitative estimate of drug-likeness (QED) is 0.575. The predicted octanol–water partition coefficient (Wildman–Crippen LogP) is 3.76. The maximum atomic E-state index is 4.42. The summed E-state index contributed by atoms with van der Waals surface area (Å²) in [6.07, 6.45) is 2.35. The molecule has 0 radical (unpaired) electrons. The van der Waals surface area contributed by atoms with Gasteiger partial charge in [-0.15, -0.1) is 0 Å². The fraction of sp³-hybridized carbons (Fsp3) is 0.650. The summed E-state index contributed by atoms with van der Waals surface area (Å²) >= 11 is 3.51. The molecule has 1 fully saturated rings. The SMILES string of the molecule is CN=C(NCC(C)(C)c1ccc(Br)cc1)NC1CCN(C(C)C)CC1. The van der Waals surface area contributed by atoms with E-state index in [-0.39, 0.29) is 5.41 Å². The molecule has 5 heteroatoms. The van der Waals surface area contributed by atoms with Crippen molar-refractivity contribution in [3.05, 3.63) is 34.3 Å². The van der Waals surface area contributed by atoms with Crippen LogP contribution in [-0.4, -0.2) is 49.6 Å². The van der Waals surface area contributed by atoms with Crippen molar-refractivity contribution in [2.45, 2.75) is 58.0 Å². The average Bonchev–Trinajstić information content (AvgIpc) is 2.59. The van der Waals surface area contributed by atoms with Gasteiger partial charge in [-0.25, -0.2) is 0 Å². The van der Waals surface area contributed by atoms with E-state index < -0.39 is 0 Å². The topological polar surface area (TPSA) is 39.7 Å². The standard InChI is InChI=1S/C20H33BrN4/c1-15(2)25-12-10-18(11-13-25)24-19(22-5)23-14-20(3,4)16-6-8-17(21)9-7-16/h6-9,15,18H,10-14H2,1-5H3,(H2,22,23,24). The second kappa shape index (κ2) is 9.04. The highest BCUT2D eigenvalue weighted by Crippen LogP contribution is 2.24. The lowest BCUT2D eigenvalue weighted by Gasteiger charge is -2.35. The van der Waals surface area contributed by atoms with Crippen LogP contribution in [0.5, 0.6) is 0 Å². The lowest BCUT2D eigenvalue weighted by molar-refractivity contribution is 0.167. The molecule has 0 aromatic heterocycles. The van der Waals surface area contributed by atoms with Gasteiger partial charge >= 0.3 is 0 Å². The Bertz CT molecular complexity index is 558. The van der Waals surface area contributed by atoms with E-state index in [1.54, 1.807) is 0 Å². The van der Waals surface area contributed by atoms with Gasteiger partial charge in [-0.3, -0.25) is 4.99 Å². The van der Waals surface area contributed by atoms with E-state index in [1.165, 1.54) is 18.4 Å². The Balaban J connectivity index is 1.85. The van der Waals surface area contributed by atoms with Crippen molar-refractivity contribution < 1.29 is 0 Å². The molecule has 0 aliphatic carbocycles. The first-order chi connectivity index (χ1) is 11.8. The minimum Gasteiger partial charge on any atom is -0.356 e. The number of halogens is 1. The van der Waals surface area contributed by atoms with Crippen LogP contribution in [0.2, 0.25) is 0 Å². The monoisotopic (exact) mass is 408 g/mol. The molecule has 1 aliphatic heterocycles. The largest absolute Gasteiger partial charge is 0.356 e. The van der Waals surface area contributed by atoms with E-state index >= 15 is 0 Å². The number of piperidine rings is 1. The van der Waals surface area contributed by atoms with Crippen LogP contribution < -0.4 is 10.6 Å². The van der Waals surface area contributed by atoms with Gasteiger partial charge in [0, 0.05) is 48.7 Å². The van der Waals surface area contributed by atoms with Crippen molar-refractivity contribution in [1.82, 2.24) is 15.5 Å². The van der Waals surface area contributed by atoms with Crippen LogP contribution in [-0.2, 0) is 5.41 Å². The number of aliphatic imine (C=N–C) groups is 1. The molecule has 4 nitrogen and oxygen atoms in total. The van der Waals surface area contributed by atoms with E-state index in [2.05, 4.69) is 88.4 Å². The van der Waals surface area contributed by atoms with Crippen molar-refractivity contribution in [1.29, 1.82) is 0 Å². The first kappa shape index (κ1) is 20.2. The Morgan fingerprint density at radius 1 is 1.24 bits per heavy atom. The first-order valence-corrected chi connectivity index (χ1v) is 10.1. The smallest absolute Gasteiger partial charge is 0.191 e. The lowest BCUT2D eigenvalue weighted by atomic mass is 9.85. The third kappa shape index (κ3) is 6.00. The molecule has 0 saturated carbocycles. The minimum atomic E-state index is 0.0410. The summed E-state index contributed by atoms with van der Waals surface area (Å²) in [7, 11) is 1.85. The molecule has 1 aromatic carbocycles. The molecular formula is C20H33BrN4. The Morgan fingerprint density at radius 2 is 1.84 bits per heavy atom. The second-order valence-electron chi connectivity index (χ2n) is 7.86. The zero-order chi connectivity index (χ0) is 18.4. The summed E-state index contributed by atoms with van der Waals surface area (Å²) in [6.45, 7) is 12.2. The number of likely N-dealkylation sites (tertiary alicyclic amines) is 1. The van der Waals surface area contributed by atoms with E-state index in [0.29, 0.717) is 12.1 Å². The molecule has 1 aliphatic rings. The number of guanidine groups is 1. The number of hydrogen-bond acceptors (Lipinski definition) is 2. The van der Waals surface area contributed by atoms with Crippen LogP contribution >= 0.6 is 15.9 Å². The number of rotatable bonds is 5. The number of nitrogens with zero attached hydrogens (tertiary/aromatic N) is 2. The number of benzene rings is 1. The van der Waals surface area contributed by atoms with Gasteiger partial charge in [0.05, 0.1) is 0 Å². The van der Waals surface area contributed by atoms with E-state index in [9.17, 15) is 0 Å². The van der Waals surface area contributed by atoms with Crippen molar-refractivity contribution in [2.24, 2.45) is 4.99 Å². The van der Waals surface area contributed by atoms with Crippen LogP contribution in [0.4, 0.5) is 0 Å². The van der Waals surface area contributed by atoms with Crippen molar-refractivity contribution >= 4 is 21.9 Å². The van der Waals surface area contributed by atoms with Gasteiger partial charge < -0.3 is 15.5 Å². The molecule has 0 spiro atoms. The van der Waals surface area contributed by atoms with Crippen molar-refractivity contribution in [3.8, 4) is 0 Å². The van der Waals surface area contributed by atoms with Crippen molar-refractivity contribution in [2.75, 3.05) is 26.7 Å². The van der Waals surface area contributed by atoms with Crippen LogP contribution in [0.25, 0.3) is 0 Å². The molecule has 0 atom stereocenters. The van der Waals surface area contributed by atoms with E-state index in [1.807, 2.05) is 7.05 Å². The van der Waals surface area contributed by atoms with Gasteiger partial charge in [-0.2, -0.15) is 0 Å². The fourth-order valence-electron chi connectivity index (χ4n) is 3.26. The molecular weight excluding hydrogens is 376 g/mol. The molecule has 0 bridgehead atoms. The Labute approximate surface area is 161 Å². The Morgan fingerprint density at radius 3 is 2.36 bits per heavy atom. The van der Waals surface area contributed by atoms with Crippen molar-refractivity contribution in [3.63, 3.8) is 0 Å². The summed E-state index contributed by atoms with van der Waals surface area (Å²) in [4.78, 5) is 6.97. The lowest BCUT2D eigenvalue weighted by Crippen LogP contribution is -2.51. The maximum Gasteiger partial charge on any atom is 0.191 e. The summed E-state index contributed by atoms with van der Waals surface area (Å²) in [5.41, 5.74) is 1.36. The molecule has 1 saturated heterocycles. The zero-order valence-corrected chi connectivity index (χ0v) is 17.9. The van der Waals surface area contributed by atoms with Crippen LogP contribution in [0.3, 0.4) is 0 Å². The minimum absolute atomic E-state index is 0.0410. The summed E-state index contributed by atoms with van der Waals surface area (Å²) < 4.78 is 1.12.